The van der Waals surface area contributed by atoms with Crippen molar-refractivity contribution in [3.63, 3.8) is 0 Å². The first-order valence-corrected chi connectivity index (χ1v) is 4.53. The molecule has 1 heterocycles. The number of aromatic nitrogens is 1. The lowest BCUT2D eigenvalue weighted by atomic mass is 10.1. The van der Waals surface area contributed by atoms with Crippen molar-refractivity contribution in [3.8, 4) is 0 Å². The lowest BCUT2D eigenvalue weighted by Crippen LogP contribution is -1.91. The highest BCUT2D eigenvalue weighted by Crippen LogP contribution is 2.06. The van der Waals surface area contributed by atoms with Crippen LogP contribution < -0.4 is 5.73 Å². The summed E-state index contributed by atoms with van der Waals surface area (Å²) in [6.45, 7) is 2.21. The van der Waals surface area contributed by atoms with E-state index in [1.165, 1.54) is 24.8 Å². The number of unbranched alkanes of at least 4 members (excludes halogenated alkanes) is 2. The normalized spacial score (nSPS) is 10.1. The van der Waals surface area contributed by atoms with E-state index in [1.54, 1.807) is 0 Å². The predicted octanol–water partition coefficient (Wildman–Crippen LogP) is 2.40. The summed E-state index contributed by atoms with van der Waals surface area (Å²) >= 11 is 0. The molecule has 0 aliphatic rings. The molecule has 0 aliphatic heterocycles. The van der Waals surface area contributed by atoms with Crippen LogP contribution in [0.3, 0.4) is 0 Å². The Morgan fingerprint density at radius 3 is 2.75 bits per heavy atom. The summed E-state index contributed by atoms with van der Waals surface area (Å²) in [4.78, 5) is 4.04. The second-order valence-electron chi connectivity index (χ2n) is 3.05. The molecule has 0 amide bonds. The first kappa shape index (κ1) is 9.04. The quantitative estimate of drug-likeness (QED) is 0.694. The molecule has 66 valence electrons. The lowest BCUT2D eigenvalue weighted by molar-refractivity contribution is 0.716. The molecule has 0 saturated carbocycles. The third-order valence-electron chi connectivity index (χ3n) is 1.92. The smallest absolute Gasteiger partial charge is 0.123 e. The summed E-state index contributed by atoms with van der Waals surface area (Å²) in [6.07, 6.45) is 6.81. The molecule has 0 spiro atoms. The second kappa shape index (κ2) is 4.75. The maximum Gasteiger partial charge on any atom is 0.123 e. The minimum atomic E-state index is 0.606. The van der Waals surface area contributed by atoms with Gasteiger partial charge in [0.1, 0.15) is 5.82 Å². The monoisotopic (exact) mass is 164 g/mol. The van der Waals surface area contributed by atoms with Gasteiger partial charge in [-0.25, -0.2) is 4.98 Å². The van der Waals surface area contributed by atoms with Gasteiger partial charge in [-0.1, -0.05) is 25.8 Å². The van der Waals surface area contributed by atoms with Crippen LogP contribution in [0.25, 0.3) is 0 Å². The van der Waals surface area contributed by atoms with Gasteiger partial charge in [-0.2, -0.15) is 0 Å². The summed E-state index contributed by atoms with van der Waals surface area (Å²) in [5.74, 6) is 0.606. The van der Waals surface area contributed by atoms with E-state index in [0.717, 1.165) is 6.42 Å². The van der Waals surface area contributed by atoms with Crippen molar-refractivity contribution in [1.29, 1.82) is 0 Å². The van der Waals surface area contributed by atoms with Crippen LogP contribution in [0.1, 0.15) is 31.7 Å². The number of rotatable bonds is 4. The molecule has 0 saturated heterocycles. The van der Waals surface area contributed by atoms with Crippen LogP contribution in [-0.2, 0) is 6.42 Å². The number of hydrogen-bond donors (Lipinski definition) is 1. The Bertz CT molecular complexity index is 216. The number of pyridine rings is 1. The Morgan fingerprint density at radius 2 is 2.17 bits per heavy atom. The van der Waals surface area contributed by atoms with Gasteiger partial charge in [-0.15, -0.1) is 0 Å². The maximum absolute atomic E-state index is 5.47. The van der Waals surface area contributed by atoms with Crippen LogP contribution in [0, 0.1) is 0 Å². The summed E-state index contributed by atoms with van der Waals surface area (Å²) < 4.78 is 0. The summed E-state index contributed by atoms with van der Waals surface area (Å²) in [7, 11) is 0. The molecule has 0 aliphatic carbocycles. The Kier molecular flexibility index (Phi) is 3.58. The highest BCUT2D eigenvalue weighted by Gasteiger charge is 1.92. The van der Waals surface area contributed by atoms with E-state index in [-0.39, 0.29) is 0 Å². The van der Waals surface area contributed by atoms with Gasteiger partial charge in [0.2, 0.25) is 0 Å². The molecule has 2 nitrogen and oxygen atoms in total. The van der Waals surface area contributed by atoms with Crippen molar-refractivity contribution in [3.05, 3.63) is 23.9 Å². The molecule has 0 unspecified atom stereocenters. The van der Waals surface area contributed by atoms with Crippen LogP contribution in [0.5, 0.6) is 0 Å². The number of anilines is 1. The molecule has 0 atom stereocenters. The van der Waals surface area contributed by atoms with Crippen molar-refractivity contribution in [1.82, 2.24) is 4.98 Å². The largest absolute Gasteiger partial charge is 0.384 e. The molecule has 2 heteroatoms. The van der Waals surface area contributed by atoms with Crippen molar-refractivity contribution < 1.29 is 0 Å². The summed E-state index contributed by atoms with van der Waals surface area (Å²) in [6, 6.07) is 3.92. The van der Waals surface area contributed by atoms with E-state index >= 15 is 0 Å². The van der Waals surface area contributed by atoms with Gasteiger partial charge >= 0.3 is 0 Å². The number of aryl methyl sites for hydroxylation is 1. The van der Waals surface area contributed by atoms with Crippen molar-refractivity contribution in [2.75, 3.05) is 5.73 Å². The molecule has 1 aromatic heterocycles. The fraction of sp³-hybridized carbons (Fsp3) is 0.500. The maximum atomic E-state index is 5.47. The van der Waals surface area contributed by atoms with E-state index in [9.17, 15) is 0 Å². The number of nitrogens with two attached hydrogens (primary N) is 1. The van der Waals surface area contributed by atoms with Gasteiger partial charge < -0.3 is 5.73 Å². The minimum absolute atomic E-state index is 0.606. The van der Waals surface area contributed by atoms with Crippen molar-refractivity contribution >= 4 is 5.82 Å². The zero-order valence-electron chi connectivity index (χ0n) is 7.59. The molecular weight excluding hydrogens is 148 g/mol. The van der Waals surface area contributed by atoms with Gasteiger partial charge in [0.15, 0.2) is 0 Å². The van der Waals surface area contributed by atoms with E-state index in [2.05, 4.69) is 18.0 Å². The van der Waals surface area contributed by atoms with Crippen LogP contribution in [0.15, 0.2) is 18.3 Å². The Hall–Kier alpha value is -1.05. The Morgan fingerprint density at radius 1 is 1.33 bits per heavy atom. The van der Waals surface area contributed by atoms with Crippen LogP contribution in [0.4, 0.5) is 5.82 Å². The lowest BCUT2D eigenvalue weighted by Gasteiger charge is -1.99. The van der Waals surface area contributed by atoms with Gasteiger partial charge in [0.05, 0.1) is 0 Å². The third-order valence-corrected chi connectivity index (χ3v) is 1.92. The molecule has 0 bridgehead atoms. The van der Waals surface area contributed by atoms with E-state index in [4.69, 9.17) is 5.73 Å². The fourth-order valence-electron chi connectivity index (χ4n) is 1.16. The van der Waals surface area contributed by atoms with Crippen LogP contribution in [0.2, 0.25) is 0 Å². The Labute approximate surface area is 73.8 Å². The molecule has 12 heavy (non-hydrogen) atoms. The fourth-order valence-corrected chi connectivity index (χ4v) is 1.16. The topological polar surface area (TPSA) is 38.9 Å². The number of nitrogens with zero attached hydrogens (tertiary/aromatic N) is 1. The van der Waals surface area contributed by atoms with Crippen molar-refractivity contribution in [2.24, 2.45) is 0 Å². The standard InChI is InChI=1S/C10H16N2/c1-2-3-4-5-9-6-7-10(11)12-8-9/h6-8H,2-5H2,1H3,(H2,11,12). The second-order valence-corrected chi connectivity index (χ2v) is 3.05. The molecule has 1 rings (SSSR count). The average Bonchev–Trinajstić information content (AvgIpc) is 2.09. The van der Waals surface area contributed by atoms with E-state index in [1.807, 2.05) is 12.3 Å². The number of hydrogen-bond acceptors (Lipinski definition) is 2. The van der Waals surface area contributed by atoms with Crippen LogP contribution in [-0.4, -0.2) is 4.98 Å². The predicted molar refractivity (Wildman–Crippen MR) is 51.9 cm³/mol. The zero-order chi connectivity index (χ0) is 8.81. The van der Waals surface area contributed by atoms with Gasteiger partial charge in [-0.3, -0.25) is 0 Å². The van der Waals surface area contributed by atoms with E-state index in [0.29, 0.717) is 5.82 Å². The SMILES string of the molecule is CCCCCc1ccc(N)nc1. The third kappa shape index (κ3) is 2.91. The molecule has 1 aromatic rings. The average molecular weight is 164 g/mol. The van der Waals surface area contributed by atoms with Crippen molar-refractivity contribution in [2.45, 2.75) is 32.6 Å². The molecule has 0 aromatic carbocycles. The zero-order valence-corrected chi connectivity index (χ0v) is 7.59. The van der Waals surface area contributed by atoms with Gasteiger partial charge in [0, 0.05) is 6.20 Å². The molecule has 0 radical (unpaired) electrons. The Balaban J connectivity index is 2.37. The highest BCUT2D eigenvalue weighted by atomic mass is 14.8. The molecular formula is C10H16N2. The van der Waals surface area contributed by atoms with Gasteiger partial charge in [-0.05, 0) is 24.5 Å². The first-order chi connectivity index (χ1) is 5.83. The number of nitrogen functional groups attached to an aromatic ring is 1. The highest BCUT2D eigenvalue weighted by molar-refractivity contribution is 5.29. The van der Waals surface area contributed by atoms with Gasteiger partial charge in [0.25, 0.3) is 0 Å². The van der Waals surface area contributed by atoms with Crippen LogP contribution >= 0.6 is 0 Å². The first-order valence-electron chi connectivity index (χ1n) is 4.53. The summed E-state index contributed by atoms with van der Waals surface area (Å²) in [5, 5.41) is 0. The minimum Gasteiger partial charge on any atom is -0.384 e. The van der Waals surface area contributed by atoms with E-state index < -0.39 is 0 Å². The molecule has 0 fully saturated rings. The summed E-state index contributed by atoms with van der Waals surface area (Å²) in [5.41, 5.74) is 6.76. The molecule has 2 N–H and O–H groups in total.